The third-order valence-electron chi connectivity index (χ3n) is 5.57. The maximum atomic E-state index is 12.4. The normalized spacial score (nSPS) is 29.6. The van der Waals surface area contributed by atoms with Crippen molar-refractivity contribution in [2.45, 2.75) is 33.1 Å². The molecule has 7 nitrogen and oxygen atoms in total. The maximum absolute atomic E-state index is 12.4. The Morgan fingerprint density at radius 2 is 1.79 bits per heavy atom. The van der Waals surface area contributed by atoms with Gasteiger partial charge in [-0.15, -0.1) is 0 Å². The number of nitrogens with zero attached hydrogens (tertiary/aromatic N) is 1. The van der Waals surface area contributed by atoms with E-state index < -0.39 is 17.4 Å². The van der Waals surface area contributed by atoms with Gasteiger partial charge in [0.15, 0.2) is 5.41 Å². The SMILES string of the molecule is COC(=O)C1(C(=O)OC)CC2CC2(C(=C(C)C)N2CCOC2=O)C1. The zero-order chi connectivity index (χ0) is 17.7. The molecule has 0 aromatic rings. The number of cyclic esters (lactones) is 1. The molecule has 1 heterocycles. The molecule has 7 heteroatoms. The monoisotopic (exact) mass is 337 g/mol. The van der Waals surface area contributed by atoms with Gasteiger partial charge in [0.25, 0.3) is 0 Å². The van der Waals surface area contributed by atoms with E-state index in [2.05, 4.69) is 0 Å². The molecule has 0 aromatic heterocycles. The zero-order valence-corrected chi connectivity index (χ0v) is 14.5. The molecule has 1 saturated heterocycles. The Labute approximate surface area is 140 Å². The van der Waals surface area contributed by atoms with Crippen molar-refractivity contribution in [3.8, 4) is 0 Å². The number of fused-ring (bicyclic) bond motifs is 1. The fourth-order valence-corrected chi connectivity index (χ4v) is 4.69. The predicted molar refractivity (Wildman–Crippen MR) is 82.7 cm³/mol. The van der Waals surface area contributed by atoms with Crippen LogP contribution in [0.25, 0.3) is 0 Å². The topological polar surface area (TPSA) is 82.1 Å². The van der Waals surface area contributed by atoms with Crippen molar-refractivity contribution >= 4 is 18.0 Å². The van der Waals surface area contributed by atoms with Crippen molar-refractivity contribution < 1.29 is 28.6 Å². The molecule has 0 bridgehead atoms. The van der Waals surface area contributed by atoms with E-state index in [0.29, 0.717) is 26.0 Å². The van der Waals surface area contributed by atoms with Gasteiger partial charge in [-0.2, -0.15) is 0 Å². The number of hydrogen-bond donors (Lipinski definition) is 0. The zero-order valence-electron chi connectivity index (χ0n) is 14.5. The molecule has 0 radical (unpaired) electrons. The van der Waals surface area contributed by atoms with Gasteiger partial charge in [-0.1, -0.05) is 5.57 Å². The molecule has 3 aliphatic rings. The highest BCUT2D eigenvalue weighted by Gasteiger charge is 2.73. The number of rotatable bonds is 4. The summed E-state index contributed by atoms with van der Waals surface area (Å²) in [6.07, 6.45) is 1.20. The lowest BCUT2D eigenvalue weighted by atomic mass is 9.79. The lowest BCUT2D eigenvalue weighted by Gasteiger charge is -2.30. The Kier molecular flexibility index (Phi) is 3.85. The van der Waals surface area contributed by atoms with E-state index in [1.54, 1.807) is 4.90 Å². The molecule has 2 aliphatic carbocycles. The minimum Gasteiger partial charge on any atom is -0.468 e. The van der Waals surface area contributed by atoms with Gasteiger partial charge in [0.2, 0.25) is 0 Å². The number of carbonyl (C=O) groups is 3. The van der Waals surface area contributed by atoms with Crippen molar-refractivity contribution in [1.82, 2.24) is 4.90 Å². The fraction of sp³-hybridized carbons (Fsp3) is 0.706. The Balaban J connectivity index is 1.98. The summed E-state index contributed by atoms with van der Waals surface area (Å²) >= 11 is 0. The first-order valence-electron chi connectivity index (χ1n) is 8.11. The summed E-state index contributed by atoms with van der Waals surface area (Å²) in [5.41, 5.74) is 0.257. The minimum atomic E-state index is -1.28. The van der Waals surface area contributed by atoms with Crippen molar-refractivity contribution in [2.75, 3.05) is 27.4 Å². The first-order chi connectivity index (χ1) is 11.3. The van der Waals surface area contributed by atoms with Gasteiger partial charge in [0.05, 0.1) is 20.8 Å². The molecular weight excluding hydrogens is 314 g/mol. The lowest BCUT2D eigenvalue weighted by molar-refractivity contribution is -0.169. The Morgan fingerprint density at radius 1 is 1.17 bits per heavy atom. The Bertz CT molecular complexity index is 619. The van der Waals surface area contributed by atoms with Crippen LogP contribution >= 0.6 is 0 Å². The van der Waals surface area contributed by atoms with E-state index in [9.17, 15) is 14.4 Å². The van der Waals surface area contributed by atoms with E-state index in [0.717, 1.165) is 17.7 Å². The molecule has 0 aromatic carbocycles. The average Bonchev–Trinajstić information content (AvgIpc) is 2.89. The smallest absolute Gasteiger partial charge is 0.414 e. The van der Waals surface area contributed by atoms with Gasteiger partial charge in [0, 0.05) is 11.1 Å². The molecule has 2 atom stereocenters. The van der Waals surface area contributed by atoms with Crippen LogP contribution in [0.15, 0.2) is 11.3 Å². The summed E-state index contributed by atoms with van der Waals surface area (Å²) in [6, 6.07) is 0. The van der Waals surface area contributed by atoms with Crippen LogP contribution in [0, 0.1) is 16.7 Å². The summed E-state index contributed by atoms with van der Waals surface area (Å²) in [7, 11) is 2.56. The van der Waals surface area contributed by atoms with Crippen molar-refractivity contribution in [3.05, 3.63) is 11.3 Å². The lowest BCUT2D eigenvalue weighted by Crippen LogP contribution is -2.41. The summed E-state index contributed by atoms with van der Waals surface area (Å²) in [5, 5.41) is 0. The molecule has 0 spiro atoms. The third-order valence-corrected chi connectivity index (χ3v) is 5.57. The number of ether oxygens (including phenoxy) is 3. The summed E-state index contributed by atoms with van der Waals surface area (Å²) in [4.78, 5) is 38.5. The van der Waals surface area contributed by atoms with Gasteiger partial charge < -0.3 is 14.2 Å². The number of carbonyl (C=O) groups excluding carboxylic acids is 3. The van der Waals surface area contributed by atoms with Gasteiger partial charge in [-0.25, -0.2) is 4.79 Å². The van der Waals surface area contributed by atoms with Crippen molar-refractivity contribution in [3.63, 3.8) is 0 Å². The predicted octanol–water partition coefficient (Wildman–Crippen LogP) is 1.86. The van der Waals surface area contributed by atoms with E-state index in [-0.39, 0.29) is 17.4 Å². The van der Waals surface area contributed by atoms with E-state index in [1.165, 1.54) is 14.2 Å². The number of methoxy groups -OCH3 is 2. The van der Waals surface area contributed by atoms with E-state index in [1.807, 2.05) is 13.8 Å². The second kappa shape index (κ2) is 5.50. The molecule has 0 N–H and O–H groups in total. The van der Waals surface area contributed by atoms with Crippen LogP contribution in [0.3, 0.4) is 0 Å². The van der Waals surface area contributed by atoms with Crippen molar-refractivity contribution in [1.29, 1.82) is 0 Å². The standard InChI is InChI=1S/C17H23NO6/c1-10(2)12(18-5-6-24-15(18)21)16-7-11(16)8-17(9-16,13(19)22-3)14(20)23-4/h11H,5-9H2,1-4H3. The molecule has 132 valence electrons. The minimum absolute atomic E-state index is 0.161. The summed E-state index contributed by atoms with van der Waals surface area (Å²) in [6.45, 7) is 4.75. The van der Waals surface area contributed by atoms with Gasteiger partial charge in [-0.05, 0) is 39.0 Å². The van der Waals surface area contributed by atoms with E-state index >= 15 is 0 Å². The highest BCUT2D eigenvalue weighted by Crippen LogP contribution is 2.73. The first kappa shape index (κ1) is 16.8. The van der Waals surface area contributed by atoms with Crippen LogP contribution in [0.5, 0.6) is 0 Å². The third kappa shape index (κ3) is 2.13. The number of allylic oxidation sites excluding steroid dienone is 2. The summed E-state index contributed by atoms with van der Waals surface area (Å²) in [5.74, 6) is -0.954. The van der Waals surface area contributed by atoms with Crippen LogP contribution in [0.2, 0.25) is 0 Å². The quantitative estimate of drug-likeness (QED) is 0.442. The number of amides is 1. The van der Waals surface area contributed by atoms with Crippen LogP contribution < -0.4 is 0 Å². The second-order valence-electron chi connectivity index (χ2n) is 7.12. The second-order valence-corrected chi connectivity index (χ2v) is 7.12. The average molecular weight is 337 g/mol. The molecule has 1 amide bonds. The van der Waals surface area contributed by atoms with Crippen LogP contribution in [-0.4, -0.2) is 50.3 Å². The maximum Gasteiger partial charge on any atom is 0.414 e. The molecule has 3 fully saturated rings. The fourth-order valence-electron chi connectivity index (χ4n) is 4.69. The molecule has 2 saturated carbocycles. The number of esters is 2. The number of hydrogen-bond acceptors (Lipinski definition) is 6. The van der Waals surface area contributed by atoms with Gasteiger partial charge in [0.1, 0.15) is 6.61 Å². The van der Waals surface area contributed by atoms with Crippen LogP contribution in [-0.2, 0) is 23.8 Å². The molecule has 3 rings (SSSR count). The molecule has 2 unspecified atom stereocenters. The van der Waals surface area contributed by atoms with Crippen LogP contribution in [0.1, 0.15) is 33.1 Å². The van der Waals surface area contributed by atoms with Crippen molar-refractivity contribution in [2.24, 2.45) is 16.7 Å². The Hall–Kier alpha value is -2.05. The molecule has 1 aliphatic heterocycles. The van der Waals surface area contributed by atoms with Gasteiger partial charge >= 0.3 is 18.0 Å². The molecule has 24 heavy (non-hydrogen) atoms. The first-order valence-corrected chi connectivity index (χ1v) is 8.11. The summed E-state index contributed by atoms with van der Waals surface area (Å²) < 4.78 is 14.9. The largest absolute Gasteiger partial charge is 0.468 e. The van der Waals surface area contributed by atoms with Gasteiger partial charge in [-0.3, -0.25) is 14.5 Å². The highest BCUT2D eigenvalue weighted by atomic mass is 16.6. The molecular formula is C17H23NO6. The van der Waals surface area contributed by atoms with Crippen LogP contribution in [0.4, 0.5) is 4.79 Å². The Morgan fingerprint density at radius 3 is 2.25 bits per heavy atom. The van der Waals surface area contributed by atoms with E-state index in [4.69, 9.17) is 14.2 Å². The highest BCUT2D eigenvalue weighted by molar-refractivity contribution is 6.01.